The lowest BCUT2D eigenvalue weighted by Gasteiger charge is -2.12. The SMILES string of the molecule is CN1CC[C@H](OC(=O)c2ccc3cccnc3c2)C1. The summed E-state index contributed by atoms with van der Waals surface area (Å²) in [6, 6.07) is 9.35. The number of rotatable bonds is 2. The molecule has 2 heterocycles. The second-order valence-electron chi connectivity index (χ2n) is 4.99. The predicted molar refractivity (Wildman–Crippen MR) is 73.1 cm³/mol. The van der Waals surface area contributed by atoms with E-state index in [9.17, 15) is 4.79 Å². The van der Waals surface area contributed by atoms with Crippen LogP contribution in [-0.2, 0) is 4.74 Å². The van der Waals surface area contributed by atoms with Crippen LogP contribution >= 0.6 is 0 Å². The van der Waals surface area contributed by atoms with Gasteiger partial charge in [0.1, 0.15) is 6.10 Å². The van der Waals surface area contributed by atoms with Crippen LogP contribution in [0.4, 0.5) is 0 Å². The summed E-state index contributed by atoms with van der Waals surface area (Å²) in [4.78, 5) is 18.5. The zero-order valence-corrected chi connectivity index (χ0v) is 10.9. The molecule has 1 aromatic heterocycles. The fourth-order valence-electron chi connectivity index (χ4n) is 2.40. The summed E-state index contributed by atoms with van der Waals surface area (Å²) < 4.78 is 5.51. The van der Waals surface area contributed by atoms with Crippen LogP contribution in [-0.4, -0.2) is 42.1 Å². The number of carbonyl (C=O) groups excluding carboxylic acids is 1. The fraction of sp³-hybridized carbons (Fsp3) is 0.333. The van der Waals surface area contributed by atoms with Gasteiger partial charge in [-0.15, -0.1) is 0 Å². The van der Waals surface area contributed by atoms with Crippen LogP contribution in [0, 0.1) is 0 Å². The van der Waals surface area contributed by atoms with Crippen molar-refractivity contribution in [3.63, 3.8) is 0 Å². The lowest BCUT2D eigenvalue weighted by Crippen LogP contribution is -2.22. The number of aromatic nitrogens is 1. The van der Waals surface area contributed by atoms with E-state index in [4.69, 9.17) is 4.74 Å². The Morgan fingerprint density at radius 3 is 3.11 bits per heavy atom. The Hall–Kier alpha value is -1.94. The molecule has 19 heavy (non-hydrogen) atoms. The van der Waals surface area contributed by atoms with Gasteiger partial charge in [-0.1, -0.05) is 12.1 Å². The molecule has 0 unspecified atom stereocenters. The highest BCUT2D eigenvalue weighted by atomic mass is 16.5. The minimum absolute atomic E-state index is 0.0110. The Morgan fingerprint density at radius 1 is 1.42 bits per heavy atom. The second kappa shape index (κ2) is 4.97. The molecule has 2 aromatic rings. The molecule has 0 aliphatic carbocycles. The van der Waals surface area contributed by atoms with Crippen LogP contribution < -0.4 is 0 Å². The van der Waals surface area contributed by atoms with E-state index in [0.29, 0.717) is 5.56 Å². The summed E-state index contributed by atoms with van der Waals surface area (Å²) in [6.07, 6.45) is 2.65. The molecule has 1 aromatic carbocycles. The Morgan fingerprint density at radius 2 is 2.32 bits per heavy atom. The number of hydrogen-bond donors (Lipinski definition) is 0. The highest BCUT2D eigenvalue weighted by Gasteiger charge is 2.23. The van der Waals surface area contributed by atoms with Crippen molar-refractivity contribution >= 4 is 16.9 Å². The summed E-state index contributed by atoms with van der Waals surface area (Å²) in [6.45, 7) is 1.80. The minimum atomic E-state index is -0.257. The van der Waals surface area contributed by atoms with Crippen molar-refractivity contribution in [3.8, 4) is 0 Å². The van der Waals surface area contributed by atoms with Crippen LogP contribution in [0.25, 0.3) is 10.9 Å². The number of nitrogens with zero attached hydrogens (tertiary/aromatic N) is 2. The van der Waals surface area contributed by atoms with Crippen molar-refractivity contribution in [1.29, 1.82) is 0 Å². The first kappa shape index (κ1) is 12.1. The summed E-state index contributed by atoms with van der Waals surface area (Å²) in [5.74, 6) is -0.257. The largest absolute Gasteiger partial charge is 0.457 e. The van der Waals surface area contributed by atoms with Crippen LogP contribution in [0.1, 0.15) is 16.8 Å². The number of hydrogen-bond acceptors (Lipinski definition) is 4. The molecular formula is C15H16N2O2. The highest BCUT2D eigenvalue weighted by Crippen LogP contribution is 2.17. The van der Waals surface area contributed by atoms with Gasteiger partial charge in [0, 0.05) is 24.7 Å². The van der Waals surface area contributed by atoms with Crippen LogP contribution in [0.2, 0.25) is 0 Å². The van der Waals surface area contributed by atoms with Crippen molar-refractivity contribution in [2.75, 3.05) is 20.1 Å². The lowest BCUT2D eigenvalue weighted by molar-refractivity contribution is 0.0327. The third kappa shape index (κ3) is 2.58. The number of fused-ring (bicyclic) bond motifs is 1. The van der Waals surface area contributed by atoms with Gasteiger partial charge in [-0.2, -0.15) is 0 Å². The molecule has 0 radical (unpaired) electrons. The van der Waals surface area contributed by atoms with Gasteiger partial charge in [0.05, 0.1) is 11.1 Å². The quantitative estimate of drug-likeness (QED) is 0.772. The van der Waals surface area contributed by atoms with Crippen molar-refractivity contribution in [3.05, 3.63) is 42.1 Å². The van der Waals surface area contributed by atoms with E-state index in [1.54, 1.807) is 18.3 Å². The molecule has 1 aliphatic rings. The maximum Gasteiger partial charge on any atom is 0.338 e. The van der Waals surface area contributed by atoms with Gasteiger partial charge < -0.3 is 9.64 Å². The molecule has 1 fully saturated rings. The standard InChI is InChI=1S/C15H16N2O2/c1-17-8-6-13(10-17)19-15(18)12-5-4-11-3-2-7-16-14(11)9-12/h2-5,7,9,13H,6,8,10H2,1H3/t13-/m0/s1. The van der Waals surface area contributed by atoms with E-state index in [2.05, 4.69) is 9.88 Å². The molecule has 3 rings (SSSR count). The van der Waals surface area contributed by atoms with Crippen molar-refractivity contribution < 1.29 is 9.53 Å². The average Bonchev–Trinajstić information content (AvgIpc) is 2.83. The van der Waals surface area contributed by atoms with E-state index >= 15 is 0 Å². The third-order valence-corrected chi connectivity index (χ3v) is 3.46. The van der Waals surface area contributed by atoms with Gasteiger partial charge in [-0.25, -0.2) is 4.79 Å². The minimum Gasteiger partial charge on any atom is -0.457 e. The number of benzene rings is 1. The molecule has 0 bridgehead atoms. The molecule has 4 nitrogen and oxygen atoms in total. The molecule has 0 N–H and O–H groups in total. The maximum atomic E-state index is 12.1. The van der Waals surface area contributed by atoms with E-state index in [-0.39, 0.29) is 12.1 Å². The number of carbonyl (C=O) groups is 1. The molecule has 0 saturated carbocycles. The summed E-state index contributed by atoms with van der Waals surface area (Å²) in [5, 5.41) is 1.03. The summed E-state index contributed by atoms with van der Waals surface area (Å²) in [7, 11) is 2.04. The molecule has 0 amide bonds. The maximum absolute atomic E-state index is 12.1. The predicted octanol–water partition coefficient (Wildman–Crippen LogP) is 2.10. The number of esters is 1. The number of likely N-dealkylation sites (N-methyl/N-ethyl adjacent to an activating group) is 1. The molecule has 1 atom stereocenters. The Kier molecular flexibility index (Phi) is 3.17. The first-order valence-corrected chi connectivity index (χ1v) is 6.47. The van der Waals surface area contributed by atoms with Gasteiger partial charge >= 0.3 is 5.97 Å². The van der Waals surface area contributed by atoms with Gasteiger partial charge in [-0.3, -0.25) is 4.98 Å². The van der Waals surface area contributed by atoms with E-state index in [1.807, 2.05) is 25.2 Å². The van der Waals surface area contributed by atoms with E-state index in [0.717, 1.165) is 30.4 Å². The lowest BCUT2D eigenvalue weighted by atomic mass is 10.1. The topological polar surface area (TPSA) is 42.4 Å². The van der Waals surface area contributed by atoms with Crippen LogP contribution in [0.3, 0.4) is 0 Å². The second-order valence-corrected chi connectivity index (χ2v) is 4.99. The molecule has 1 saturated heterocycles. The Balaban J connectivity index is 1.77. The van der Waals surface area contributed by atoms with Crippen LogP contribution in [0.15, 0.2) is 36.5 Å². The van der Waals surface area contributed by atoms with Crippen molar-refractivity contribution in [2.45, 2.75) is 12.5 Å². The monoisotopic (exact) mass is 256 g/mol. The number of pyridine rings is 1. The zero-order valence-electron chi connectivity index (χ0n) is 10.9. The Bertz CT molecular complexity index is 612. The summed E-state index contributed by atoms with van der Waals surface area (Å²) >= 11 is 0. The summed E-state index contributed by atoms with van der Waals surface area (Å²) in [5.41, 5.74) is 1.39. The molecule has 4 heteroatoms. The van der Waals surface area contributed by atoms with Gasteiger partial charge in [0.15, 0.2) is 0 Å². The molecule has 98 valence electrons. The first-order valence-electron chi connectivity index (χ1n) is 6.47. The third-order valence-electron chi connectivity index (χ3n) is 3.46. The fourth-order valence-corrected chi connectivity index (χ4v) is 2.40. The first-order chi connectivity index (χ1) is 9.22. The van der Waals surface area contributed by atoms with Crippen LogP contribution in [0.5, 0.6) is 0 Å². The molecule has 1 aliphatic heterocycles. The number of likely N-dealkylation sites (tertiary alicyclic amines) is 1. The van der Waals surface area contributed by atoms with Gasteiger partial charge in [0.2, 0.25) is 0 Å². The Labute approximate surface area is 112 Å². The molecular weight excluding hydrogens is 240 g/mol. The number of ether oxygens (including phenoxy) is 1. The zero-order chi connectivity index (χ0) is 13.2. The average molecular weight is 256 g/mol. The normalized spacial score (nSPS) is 19.7. The highest BCUT2D eigenvalue weighted by molar-refractivity contribution is 5.94. The molecule has 0 spiro atoms. The smallest absolute Gasteiger partial charge is 0.338 e. The van der Waals surface area contributed by atoms with Crippen molar-refractivity contribution in [2.24, 2.45) is 0 Å². The van der Waals surface area contributed by atoms with E-state index < -0.39 is 0 Å². The van der Waals surface area contributed by atoms with E-state index in [1.165, 1.54) is 0 Å². The van der Waals surface area contributed by atoms with Crippen molar-refractivity contribution in [1.82, 2.24) is 9.88 Å². The van der Waals surface area contributed by atoms with Gasteiger partial charge in [0.25, 0.3) is 0 Å². The van der Waals surface area contributed by atoms with Gasteiger partial charge in [-0.05, 0) is 31.7 Å².